The first-order valence-electron chi connectivity index (χ1n) is 4.69. The van der Waals surface area contributed by atoms with Crippen LogP contribution in [-0.4, -0.2) is 30.6 Å². The Labute approximate surface area is 80.7 Å². The molecule has 12 heavy (non-hydrogen) atoms. The van der Waals surface area contributed by atoms with E-state index >= 15 is 0 Å². The SMILES string of the molecule is CCC(C)NC(CN)CCSC. The molecule has 0 rings (SSSR count). The Morgan fingerprint density at radius 2 is 2.17 bits per heavy atom. The molecule has 74 valence electrons. The number of rotatable bonds is 7. The second-order valence-corrected chi connectivity index (χ2v) is 4.18. The van der Waals surface area contributed by atoms with Crippen LogP contribution in [0.2, 0.25) is 0 Å². The molecule has 0 fully saturated rings. The van der Waals surface area contributed by atoms with E-state index < -0.39 is 0 Å². The highest BCUT2D eigenvalue weighted by atomic mass is 32.2. The van der Waals surface area contributed by atoms with Crippen molar-refractivity contribution in [2.75, 3.05) is 18.6 Å². The summed E-state index contributed by atoms with van der Waals surface area (Å²) in [6.07, 6.45) is 4.49. The van der Waals surface area contributed by atoms with E-state index in [0.29, 0.717) is 12.1 Å². The first kappa shape index (κ1) is 12.3. The maximum absolute atomic E-state index is 5.64. The van der Waals surface area contributed by atoms with Gasteiger partial charge in [0.2, 0.25) is 0 Å². The second kappa shape index (κ2) is 7.90. The van der Waals surface area contributed by atoms with Crippen LogP contribution in [0.3, 0.4) is 0 Å². The lowest BCUT2D eigenvalue weighted by Gasteiger charge is -2.20. The summed E-state index contributed by atoms with van der Waals surface area (Å²) >= 11 is 1.88. The highest BCUT2D eigenvalue weighted by Gasteiger charge is 2.07. The molecule has 0 aromatic heterocycles. The zero-order valence-electron chi connectivity index (χ0n) is 8.47. The van der Waals surface area contributed by atoms with E-state index in [9.17, 15) is 0 Å². The summed E-state index contributed by atoms with van der Waals surface area (Å²) in [6, 6.07) is 1.10. The van der Waals surface area contributed by atoms with E-state index in [2.05, 4.69) is 25.4 Å². The topological polar surface area (TPSA) is 38.0 Å². The van der Waals surface area contributed by atoms with Gasteiger partial charge >= 0.3 is 0 Å². The lowest BCUT2D eigenvalue weighted by Crippen LogP contribution is -2.41. The molecule has 0 saturated carbocycles. The maximum Gasteiger partial charge on any atom is 0.0200 e. The van der Waals surface area contributed by atoms with Gasteiger partial charge in [0.05, 0.1) is 0 Å². The van der Waals surface area contributed by atoms with Crippen molar-refractivity contribution in [3.8, 4) is 0 Å². The Kier molecular flexibility index (Phi) is 8.07. The smallest absolute Gasteiger partial charge is 0.0200 e. The third-order valence-corrected chi connectivity index (χ3v) is 2.73. The van der Waals surface area contributed by atoms with Gasteiger partial charge < -0.3 is 11.1 Å². The molecule has 0 aliphatic carbocycles. The number of nitrogens with one attached hydrogen (secondary N) is 1. The molecule has 2 unspecified atom stereocenters. The van der Waals surface area contributed by atoms with Crippen molar-refractivity contribution in [1.29, 1.82) is 0 Å². The van der Waals surface area contributed by atoms with Gasteiger partial charge in [-0.15, -0.1) is 0 Å². The molecule has 0 aromatic rings. The lowest BCUT2D eigenvalue weighted by molar-refractivity contribution is 0.433. The molecular weight excluding hydrogens is 168 g/mol. The molecule has 0 radical (unpaired) electrons. The zero-order valence-corrected chi connectivity index (χ0v) is 9.29. The molecule has 3 N–H and O–H groups in total. The van der Waals surface area contributed by atoms with Crippen LogP contribution >= 0.6 is 11.8 Å². The lowest BCUT2D eigenvalue weighted by atomic mass is 10.2. The standard InChI is InChI=1S/C9H22N2S/c1-4-8(2)11-9(7-10)5-6-12-3/h8-9,11H,4-7,10H2,1-3H3. The van der Waals surface area contributed by atoms with Crippen LogP contribution in [0.1, 0.15) is 26.7 Å². The monoisotopic (exact) mass is 190 g/mol. The van der Waals surface area contributed by atoms with Crippen molar-refractivity contribution in [2.24, 2.45) is 5.73 Å². The molecule has 0 aromatic carbocycles. The van der Waals surface area contributed by atoms with Gasteiger partial charge in [0.25, 0.3) is 0 Å². The minimum Gasteiger partial charge on any atom is -0.329 e. The second-order valence-electron chi connectivity index (χ2n) is 3.19. The van der Waals surface area contributed by atoms with E-state index in [1.54, 1.807) is 0 Å². The van der Waals surface area contributed by atoms with E-state index in [4.69, 9.17) is 5.73 Å². The summed E-state index contributed by atoms with van der Waals surface area (Å²) in [7, 11) is 0. The van der Waals surface area contributed by atoms with Gasteiger partial charge in [0, 0.05) is 18.6 Å². The predicted molar refractivity (Wildman–Crippen MR) is 58.7 cm³/mol. The van der Waals surface area contributed by atoms with Crippen molar-refractivity contribution < 1.29 is 0 Å². The molecule has 0 heterocycles. The molecular formula is C9H22N2S. The van der Waals surface area contributed by atoms with Crippen molar-refractivity contribution >= 4 is 11.8 Å². The largest absolute Gasteiger partial charge is 0.329 e. The summed E-state index contributed by atoms with van der Waals surface area (Å²) in [4.78, 5) is 0. The number of hydrogen-bond donors (Lipinski definition) is 2. The van der Waals surface area contributed by atoms with Crippen LogP contribution in [0, 0.1) is 0 Å². The van der Waals surface area contributed by atoms with Crippen LogP contribution in [0.25, 0.3) is 0 Å². The normalized spacial score (nSPS) is 16.0. The van der Waals surface area contributed by atoms with Crippen LogP contribution in [0.4, 0.5) is 0 Å². The van der Waals surface area contributed by atoms with Gasteiger partial charge in [-0.1, -0.05) is 6.92 Å². The van der Waals surface area contributed by atoms with Gasteiger partial charge in [-0.2, -0.15) is 11.8 Å². The fourth-order valence-electron chi connectivity index (χ4n) is 1.05. The average Bonchev–Trinajstić information content (AvgIpc) is 2.11. The molecule has 0 spiro atoms. The summed E-state index contributed by atoms with van der Waals surface area (Å²) in [6.45, 7) is 5.16. The molecule has 0 amide bonds. The van der Waals surface area contributed by atoms with E-state index in [1.807, 2.05) is 11.8 Å². The first-order chi connectivity index (χ1) is 5.74. The van der Waals surface area contributed by atoms with Crippen LogP contribution in [0.15, 0.2) is 0 Å². The Morgan fingerprint density at radius 1 is 1.50 bits per heavy atom. The zero-order chi connectivity index (χ0) is 9.40. The third-order valence-electron chi connectivity index (χ3n) is 2.09. The van der Waals surface area contributed by atoms with Crippen molar-refractivity contribution in [3.63, 3.8) is 0 Å². The Morgan fingerprint density at radius 3 is 2.58 bits per heavy atom. The van der Waals surface area contributed by atoms with Crippen LogP contribution in [-0.2, 0) is 0 Å². The van der Waals surface area contributed by atoms with Crippen molar-refractivity contribution in [1.82, 2.24) is 5.32 Å². The minimum atomic E-state index is 0.507. The fourth-order valence-corrected chi connectivity index (χ4v) is 1.57. The van der Waals surface area contributed by atoms with E-state index in [1.165, 1.54) is 18.6 Å². The summed E-state index contributed by atoms with van der Waals surface area (Å²) in [5.74, 6) is 1.20. The predicted octanol–water partition coefficient (Wildman–Crippen LogP) is 1.45. The van der Waals surface area contributed by atoms with Crippen molar-refractivity contribution in [3.05, 3.63) is 0 Å². The van der Waals surface area contributed by atoms with Crippen LogP contribution < -0.4 is 11.1 Å². The molecule has 0 saturated heterocycles. The highest BCUT2D eigenvalue weighted by Crippen LogP contribution is 2.01. The van der Waals surface area contributed by atoms with Gasteiger partial charge in [-0.3, -0.25) is 0 Å². The first-order valence-corrected chi connectivity index (χ1v) is 6.09. The third kappa shape index (κ3) is 5.86. The van der Waals surface area contributed by atoms with Gasteiger partial charge in [0.1, 0.15) is 0 Å². The Balaban J connectivity index is 3.51. The quantitative estimate of drug-likeness (QED) is 0.638. The molecule has 0 aliphatic rings. The van der Waals surface area contributed by atoms with Crippen LogP contribution in [0.5, 0.6) is 0 Å². The fraction of sp³-hybridized carbons (Fsp3) is 1.00. The summed E-state index contributed by atoms with van der Waals surface area (Å²) in [5.41, 5.74) is 5.64. The number of nitrogens with two attached hydrogens (primary N) is 1. The average molecular weight is 190 g/mol. The molecule has 0 aliphatic heterocycles. The summed E-state index contributed by atoms with van der Waals surface area (Å²) in [5, 5.41) is 3.51. The number of hydrogen-bond acceptors (Lipinski definition) is 3. The van der Waals surface area contributed by atoms with E-state index in [0.717, 1.165) is 6.54 Å². The molecule has 0 bridgehead atoms. The Hall–Kier alpha value is 0.270. The highest BCUT2D eigenvalue weighted by molar-refractivity contribution is 7.98. The van der Waals surface area contributed by atoms with Gasteiger partial charge in [0.15, 0.2) is 0 Å². The van der Waals surface area contributed by atoms with E-state index in [-0.39, 0.29) is 0 Å². The molecule has 2 atom stereocenters. The molecule has 2 nitrogen and oxygen atoms in total. The minimum absolute atomic E-state index is 0.507. The van der Waals surface area contributed by atoms with Gasteiger partial charge in [-0.25, -0.2) is 0 Å². The van der Waals surface area contributed by atoms with Gasteiger partial charge in [-0.05, 0) is 31.8 Å². The van der Waals surface area contributed by atoms with Crippen molar-refractivity contribution in [2.45, 2.75) is 38.8 Å². The summed E-state index contributed by atoms with van der Waals surface area (Å²) < 4.78 is 0. The molecule has 3 heteroatoms. The Bertz CT molecular complexity index is 98.5. The maximum atomic E-state index is 5.64. The number of thioether (sulfide) groups is 1.